The number of nitrogens with zero attached hydrogens (tertiary/aromatic N) is 1. The van der Waals surface area contributed by atoms with Gasteiger partial charge in [-0.15, -0.1) is 4.91 Å². The summed E-state index contributed by atoms with van der Waals surface area (Å²) in [5.74, 6) is -0.126. The maximum absolute atomic E-state index is 10.3. The van der Waals surface area contributed by atoms with Crippen LogP contribution in [-0.4, -0.2) is 5.11 Å². The van der Waals surface area contributed by atoms with E-state index < -0.39 is 0 Å². The molecule has 0 aliphatic rings. The Labute approximate surface area is 67.4 Å². The molecule has 0 atom stereocenters. The highest BCUT2D eigenvalue weighted by atomic mass is 16.3. The van der Waals surface area contributed by atoms with Crippen molar-refractivity contribution in [1.29, 1.82) is 0 Å². The van der Waals surface area contributed by atoms with Gasteiger partial charge in [0.25, 0.3) is 0 Å². The summed E-state index contributed by atoms with van der Waals surface area (Å²) in [5.41, 5.74) is 0.573. The monoisotopic (exact) mass is 163 g/mol. The molecule has 0 aliphatic carbocycles. The first-order chi connectivity index (χ1) is 5.83. The Morgan fingerprint density at radius 1 is 1.33 bits per heavy atom. The van der Waals surface area contributed by atoms with E-state index in [1.807, 2.05) is 0 Å². The Bertz CT molecular complexity index is 433. The number of nitroso groups, excluding NO2 is 1. The van der Waals surface area contributed by atoms with Gasteiger partial charge in [-0.1, -0.05) is 0 Å². The van der Waals surface area contributed by atoms with Crippen LogP contribution < -0.4 is 0 Å². The summed E-state index contributed by atoms with van der Waals surface area (Å²) >= 11 is 0. The van der Waals surface area contributed by atoms with E-state index in [4.69, 9.17) is 4.42 Å². The Balaban J connectivity index is 2.91. The molecule has 4 heteroatoms. The van der Waals surface area contributed by atoms with Crippen molar-refractivity contribution in [3.05, 3.63) is 29.4 Å². The highest BCUT2D eigenvalue weighted by molar-refractivity contribution is 5.91. The van der Waals surface area contributed by atoms with Gasteiger partial charge in [0.2, 0.25) is 0 Å². The van der Waals surface area contributed by atoms with Crippen LogP contribution in [-0.2, 0) is 0 Å². The molecule has 1 aromatic carbocycles. The van der Waals surface area contributed by atoms with Crippen LogP contribution in [0.2, 0.25) is 0 Å². The number of hydrogen-bond donors (Lipinski definition) is 1. The van der Waals surface area contributed by atoms with E-state index in [1.54, 1.807) is 12.1 Å². The normalized spacial score (nSPS) is 10.3. The number of hydrogen-bond acceptors (Lipinski definition) is 4. The van der Waals surface area contributed by atoms with E-state index >= 15 is 0 Å². The zero-order valence-corrected chi connectivity index (χ0v) is 6.02. The van der Waals surface area contributed by atoms with Gasteiger partial charge in [0.1, 0.15) is 11.3 Å². The first kappa shape index (κ1) is 6.84. The van der Waals surface area contributed by atoms with Crippen LogP contribution in [0, 0.1) is 4.91 Å². The van der Waals surface area contributed by atoms with E-state index in [0.717, 1.165) is 0 Å². The Kier molecular flexibility index (Phi) is 1.33. The van der Waals surface area contributed by atoms with E-state index in [1.165, 1.54) is 12.3 Å². The summed E-state index contributed by atoms with van der Waals surface area (Å²) in [4.78, 5) is 10.3. The average molecular weight is 163 g/mol. The maximum atomic E-state index is 10.3. The number of phenols is 1. The van der Waals surface area contributed by atoms with E-state index in [0.29, 0.717) is 11.0 Å². The highest BCUT2D eigenvalue weighted by Gasteiger charge is 2.08. The molecule has 0 fully saturated rings. The molecule has 0 bridgehead atoms. The molecule has 1 aromatic heterocycles. The van der Waals surface area contributed by atoms with Crippen molar-refractivity contribution >= 4 is 16.7 Å². The van der Waals surface area contributed by atoms with Crippen LogP contribution in [0.25, 0.3) is 11.0 Å². The zero-order chi connectivity index (χ0) is 8.55. The van der Waals surface area contributed by atoms with Gasteiger partial charge in [0.15, 0.2) is 5.69 Å². The summed E-state index contributed by atoms with van der Waals surface area (Å²) < 4.78 is 5.01. The number of phenolic OH excluding ortho intramolecular Hbond substituents is 1. The second-order valence-electron chi connectivity index (χ2n) is 2.36. The molecule has 2 aromatic rings. The van der Waals surface area contributed by atoms with Gasteiger partial charge in [-0.2, -0.15) is 0 Å². The molecule has 1 heterocycles. The van der Waals surface area contributed by atoms with Gasteiger partial charge in [-0.05, 0) is 23.4 Å². The van der Waals surface area contributed by atoms with E-state index in [9.17, 15) is 10.0 Å². The lowest BCUT2D eigenvalue weighted by Crippen LogP contribution is -1.68. The largest absolute Gasteiger partial charge is 0.506 e. The van der Waals surface area contributed by atoms with Crippen LogP contribution >= 0.6 is 0 Å². The Morgan fingerprint density at radius 3 is 2.92 bits per heavy atom. The summed E-state index contributed by atoms with van der Waals surface area (Å²) in [7, 11) is 0. The molecule has 1 N–H and O–H groups in total. The van der Waals surface area contributed by atoms with Crippen molar-refractivity contribution < 1.29 is 9.52 Å². The minimum atomic E-state index is -0.126. The molecule has 0 saturated carbocycles. The summed E-state index contributed by atoms with van der Waals surface area (Å²) in [6.07, 6.45) is 1.44. The fourth-order valence-corrected chi connectivity index (χ4v) is 1.11. The van der Waals surface area contributed by atoms with Crippen LogP contribution in [0.5, 0.6) is 5.75 Å². The lowest BCUT2D eigenvalue weighted by atomic mass is 10.2. The van der Waals surface area contributed by atoms with Gasteiger partial charge in [-0.3, -0.25) is 0 Å². The molecule has 0 saturated heterocycles. The molecule has 4 nitrogen and oxygen atoms in total. The van der Waals surface area contributed by atoms with Gasteiger partial charge in [0, 0.05) is 0 Å². The van der Waals surface area contributed by atoms with Crippen molar-refractivity contribution in [3.63, 3.8) is 0 Å². The third kappa shape index (κ3) is 0.780. The third-order valence-corrected chi connectivity index (χ3v) is 1.68. The van der Waals surface area contributed by atoms with Crippen molar-refractivity contribution in [2.45, 2.75) is 0 Å². The number of fused-ring (bicyclic) bond motifs is 1. The quantitative estimate of drug-likeness (QED) is 0.657. The second-order valence-corrected chi connectivity index (χ2v) is 2.36. The van der Waals surface area contributed by atoms with E-state index in [-0.39, 0.29) is 11.4 Å². The maximum Gasteiger partial charge on any atom is 0.160 e. The topological polar surface area (TPSA) is 62.8 Å². The fraction of sp³-hybridized carbons (Fsp3) is 0. The van der Waals surface area contributed by atoms with Crippen LogP contribution in [0.1, 0.15) is 0 Å². The number of benzene rings is 1. The molecular formula is C8H5NO3. The van der Waals surface area contributed by atoms with Gasteiger partial charge < -0.3 is 9.52 Å². The average Bonchev–Trinajstić information content (AvgIpc) is 2.52. The van der Waals surface area contributed by atoms with Crippen molar-refractivity contribution in [3.8, 4) is 5.75 Å². The van der Waals surface area contributed by atoms with Crippen molar-refractivity contribution in [2.24, 2.45) is 5.18 Å². The third-order valence-electron chi connectivity index (χ3n) is 1.68. The molecule has 12 heavy (non-hydrogen) atoms. The minimum absolute atomic E-state index is 0.0289. The first-order valence-corrected chi connectivity index (χ1v) is 3.35. The molecular weight excluding hydrogens is 158 g/mol. The molecule has 2 rings (SSSR count). The SMILES string of the molecule is O=Nc1c(O)ccc2occc12. The van der Waals surface area contributed by atoms with Gasteiger partial charge in [0.05, 0.1) is 11.6 Å². The van der Waals surface area contributed by atoms with Gasteiger partial charge >= 0.3 is 0 Å². The highest BCUT2D eigenvalue weighted by Crippen LogP contribution is 2.34. The molecule has 0 unspecified atom stereocenters. The minimum Gasteiger partial charge on any atom is -0.506 e. The Morgan fingerprint density at radius 2 is 2.17 bits per heavy atom. The van der Waals surface area contributed by atoms with Crippen LogP contribution in [0.3, 0.4) is 0 Å². The first-order valence-electron chi connectivity index (χ1n) is 3.35. The van der Waals surface area contributed by atoms with Crippen molar-refractivity contribution in [1.82, 2.24) is 0 Å². The number of furan rings is 1. The van der Waals surface area contributed by atoms with Gasteiger partial charge in [-0.25, -0.2) is 0 Å². The standard InChI is InChI=1S/C8H5NO3/c10-6-1-2-7-5(3-4-12-7)8(6)9-11/h1-4,10H. The predicted molar refractivity (Wildman–Crippen MR) is 43.3 cm³/mol. The lowest BCUT2D eigenvalue weighted by molar-refractivity contribution is 0.477. The fourth-order valence-electron chi connectivity index (χ4n) is 1.11. The molecule has 0 radical (unpaired) electrons. The van der Waals surface area contributed by atoms with E-state index in [2.05, 4.69) is 5.18 Å². The lowest BCUT2D eigenvalue weighted by Gasteiger charge is -1.94. The Hall–Kier alpha value is -1.84. The predicted octanol–water partition coefficient (Wildman–Crippen LogP) is 2.54. The zero-order valence-electron chi connectivity index (χ0n) is 6.02. The summed E-state index contributed by atoms with van der Waals surface area (Å²) in [6.45, 7) is 0. The smallest absolute Gasteiger partial charge is 0.160 e. The van der Waals surface area contributed by atoms with Crippen molar-refractivity contribution in [2.75, 3.05) is 0 Å². The van der Waals surface area contributed by atoms with Crippen LogP contribution in [0.15, 0.2) is 34.1 Å². The second kappa shape index (κ2) is 2.34. The number of aromatic hydroxyl groups is 1. The molecule has 0 spiro atoms. The summed E-state index contributed by atoms with van der Waals surface area (Å²) in [6, 6.07) is 4.55. The molecule has 0 amide bonds. The van der Waals surface area contributed by atoms with Crippen LogP contribution in [0.4, 0.5) is 5.69 Å². The molecule has 60 valence electrons. The number of rotatable bonds is 1. The summed E-state index contributed by atoms with van der Waals surface area (Å²) in [5, 5.41) is 12.4. The molecule has 0 aliphatic heterocycles.